The molecule has 1 unspecified atom stereocenters. The average Bonchev–Trinajstić information content (AvgIpc) is 2.42. The number of rotatable bonds is 4. The van der Waals surface area contributed by atoms with Crippen molar-refractivity contribution in [3.05, 3.63) is 0 Å². The van der Waals surface area contributed by atoms with Crippen LogP contribution in [0.25, 0.3) is 0 Å². The second-order valence-electron chi connectivity index (χ2n) is 2.94. The number of aliphatic hydroxyl groups is 2. The molecule has 0 aromatic heterocycles. The number of phosphoric acid groups is 1. The molecule has 17 heavy (non-hydrogen) atoms. The summed E-state index contributed by atoms with van der Waals surface area (Å²) in [6.07, 6.45) is -5.62. The molecule has 0 radical (unpaired) electrons. The smallest absolute Gasteiger partial charge is 0.790 e. The molecule has 9 nitrogen and oxygen atoms in total. The van der Waals surface area contributed by atoms with E-state index in [1.807, 2.05) is 0 Å². The van der Waals surface area contributed by atoms with Crippen molar-refractivity contribution in [1.82, 2.24) is 0 Å². The van der Waals surface area contributed by atoms with Gasteiger partial charge < -0.3 is 33.8 Å². The third kappa shape index (κ3) is 4.27. The van der Waals surface area contributed by atoms with E-state index >= 15 is 0 Å². The number of esters is 1. The summed E-state index contributed by atoms with van der Waals surface area (Å²) < 4.78 is 18.1. The first kappa shape index (κ1) is 16.9. The number of hydrogen-bond acceptors (Lipinski definition) is 9. The van der Waals surface area contributed by atoms with E-state index in [0.29, 0.717) is 0 Å². The third-order valence-corrected chi connectivity index (χ3v) is 2.24. The predicted molar refractivity (Wildman–Crippen MR) is 46.2 cm³/mol. The number of carbonyl (C=O) groups is 2. The van der Waals surface area contributed by atoms with Gasteiger partial charge in [0.2, 0.25) is 11.9 Å². The van der Waals surface area contributed by atoms with Gasteiger partial charge in [-0.1, -0.05) is 0 Å². The Bertz CT molecular complexity index is 351. The molecule has 1 aliphatic heterocycles. The van der Waals surface area contributed by atoms with Crippen LogP contribution in [0.2, 0.25) is 0 Å². The molecule has 11 heteroatoms. The van der Waals surface area contributed by atoms with E-state index in [0.717, 1.165) is 0 Å². The van der Waals surface area contributed by atoms with Crippen LogP contribution in [0.1, 0.15) is 0 Å². The van der Waals surface area contributed by atoms with Gasteiger partial charge in [-0.05, 0) is 0 Å². The first-order chi connectivity index (χ1) is 7.26. The molecular weight excluding hydrogens is 271 g/mol. The summed E-state index contributed by atoms with van der Waals surface area (Å²) in [6.45, 7) is -0.872. The molecule has 0 aromatic rings. The van der Waals surface area contributed by atoms with E-state index in [-0.39, 0.29) is 23.1 Å². The van der Waals surface area contributed by atoms with E-state index < -0.39 is 44.5 Å². The number of hydrogen-bond donors (Lipinski definition) is 2. The molecule has 1 aliphatic rings. The monoisotopic (exact) mass is 278 g/mol. The zero-order chi connectivity index (χ0) is 12.5. The largest absolute Gasteiger partial charge is 2.00 e. The SMILES string of the molecule is O=C1O[C@H]([C@H](O)CO)C(=O)C1OP(=O)([O-])[O-].[Mg+2]. The molecule has 1 saturated heterocycles. The summed E-state index contributed by atoms with van der Waals surface area (Å²) in [5, 5.41) is 17.5. The zero-order valence-electron chi connectivity index (χ0n) is 8.35. The van der Waals surface area contributed by atoms with Crippen molar-refractivity contribution >= 4 is 42.6 Å². The maximum absolute atomic E-state index is 11.3. The van der Waals surface area contributed by atoms with E-state index in [2.05, 4.69) is 9.26 Å². The molecule has 0 spiro atoms. The van der Waals surface area contributed by atoms with Crippen LogP contribution in [-0.4, -0.2) is 69.9 Å². The Morgan fingerprint density at radius 3 is 2.41 bits per heavy atom. The molecule has 2 N–H and O–H groups in total. The van der Waals surface area contributed by atoms with Crippen LogP contribution >= 0.6 is 7.82 Å². The van der Waals surface area contributed by atoms with Gasteiger partial charge in [0, 0.05) is 0 Å². The first-order valence-electron chi connectivity index (χ1n) is 4.00. The molecule has 1 fully saturated rings. The van der Waals surface area contributed by atoms with Crippen molar-refractivity contribution in [2.24, 2.45) is 0 Å². The molecule has 0 amide bonds. The van der Waals surface area contributed by atoms with Crippen molar-refractivity contribution in [2.75, 3.05) is 6.61 Å². The second-order valence-corrected chi connectivity index (χ2v) is 4.05. The summed E-state index contributed by atoms with van der Waals surface area (Å²) in [5.74, 6) is -2.62. The van der Waals surface area contributed by atoms with Crippen LogP contribution in [0.5, 0.6) is 0 Å². The molecule has 92 valence electrons. The zero-order valence-corrected chi connectivity index (χ0v) is 10.7. The van der Waals surface area contributed by atoms with Crippen LogP contribution in [0.4, 0.5) is 0 Å². The maximum Gasteiger partial charge on any atom is 2.00 e. The topological polar surface area (TPSA) is 156 Å². The molecule has 1 rings (SSSR count). The maximum atomic E-state index is 11.3. The molecule has 3 atom stereocenters. The minimum atomic E-state index is -5.52. The number of ether oxygens (including phenoxy) is 1. The predicted octanol–water partition coefficient (Wildman–Crippen LogP) is -4.33. The van der Waals surface area contributed by atoms with Gasteiger partial charge in [-0.2, -0.15) is 0 Å². The van der Waals surface area contributed by atoms with Crippen LogP contribution in [0.3, 0.4) is 0 Å². The van der Waals surface area contributed by atoms with Gasteiger partial charge in [0.1, 0.15) is 6.10 Å². The Kier molecular flexibility index (Phi) is 6.18. The quantitative estimate of drug-likeness (QED) is 0.224. The third-order valence-electron chi connectivity index (χ3n) is 1.77. The Balaban J connectivity index is 0.00000256. The number of phosphoric ester groups is 1. The fourth-order valence-electron chi connectivity index (χ4n) is 1.10. The minimum absolute atomic E-state index is 0. The van der Waals surface area contributed by atoms with E-state index in [1.54, 1.807) is 0 Å². The summed E-state index contributed by atoms with van der Waals surface area (Å²) in [6, 6.07) is 0. The molecule has 0 bridgehead atoms. The van der Waals surface area contributed by atoms with Crippen molar-refractivity contribution in [3.63, 3.8) is 0 Å². The normalized spacial score (nSPS) is 26.4. The number of carbonyl (C=O) groups excluding carboxylic acids is 2. The van der Waals surface area contributed by atoms with Crippen molar-refractivity contribution in [2.45, 2.75) is 18.3 Å². The summed E-state index contributed by atoms with van der Waals surface area (Å²) in [4.78, 5) is 42.6. The molecular formula is C6H7MgO9P. The molecule has 1 heterocycles. The van der Waals surface area contributed by atoms with Gasteiger partial charge >= 0.3 is 29.0 Å². The standard InChI is InChI=1S/C6H9O9P.Mg/c7-1-2(8)4-3(9)5(6(10)14-4)15-16(11,12)13;/h2,4-5,7-8H,1H2,(H2,11,12,13);/q;+2/p-2/t2-,4-,5?;/m1./s1. The number of aliphatic hydroxyl groups excluding tert-OH is 2. The Morgan fingerprint density at radius 1 is 1.47 bits per heavy atom. The van der Waals surface area contributed by atoms with Crippen LogP contribution in [0, 0.1) is 0 Å². The molecule has 0 aliphatic carbocycles. The fourth-order valence-corrected chi connectivity index (χ4v) is 1.55. The van der Waals surface area contributed by atoms with Gasteiger partial charge in [-0.15, -0.1) is 0 Å². The number of ketones is 1. The Hall–Kier alpha value is -0.0638. The van der Waals surface area contributed by atoms with Crippen LogP contribution < -0.4 is 9.79 Å². The van der Waals surface area contributed by atoms with Gasteiger partial charge in [0.05, 0.1) is 14.4 Å². The number of Topliss-reactive ketones (excluding diaryl/α,β-unsaturated/α-hetero) is 1. The molecule has 0 saturated carbocycles. The van der Waals surface area contributed by atoms with E-state index in [4.69, 9.17) is 10.2 Å². The summed E-state index contributed by atoms with van der Waals surface area (Å²) >= 11 is 0. The van der Waals surface area contributed by atoms with E-state index in [9.17, 15) is 23.9 Å². The Labute approximate surface area is 111 Å². The van der Waals surface area contributed by atoms with Gasteiger partial charge in [0.25, 0.3) is 0 Å². The summed E-state index contributed by atoms with van der Waals surface area (Å²) in [5.41, 5.74) is 0. The summed E-state index contributed by atoms with van der Waals surface area (Å²) in [7, 11) is -5.52. The van der Waals surface area contributed by atoms with Crippen molar-refractivity contribution in [1.29, 1.82) is 0 Å². The van der Waals surface area contributed by atoms with Gasteiger partial charge in [-0.3, -0.25) is 4.79 Å². The van der Waals surface area contributed by atoms with Crippen molar-refractivity contribution < 1.29 is 43.4 Å². The van der Waals surface area contributed by atoms with E-state index in [1.165, 1.54) is 0 Å². The Morgan fingerprint density at radius 2 is 2.00 bits per heavy atom. The van der Waals surface area contributed by atoms with Crippen LogP contribution in [0.15, 0.2) is 0 Å². The van der Waals surface area contributed by atoms with Gasteiger partial charge in [-0.25, -0.2) is 4.79 Å². The minimum Gasteiger partial charge on any atom is -0.790 e. The second kappa shape index (κ2) is 6.21. The van der Waals surface area contributed by atoms with Crippen molar-refractivity contribution in [3.8, 4) is 0 Å². The fraction of sp³-hybridized carbons (Fsp3) is 0.667. The first-order valence-corrected chi connectivity index (χ1v) is 5.46. The number of cyclic esters (lactones) is 1. The average molecular weight is 278 g/mol. The van der Waals surface area contributed by atoms with Crippen LogP contribution in [-0.2, 0) is 23.4 Å². The van der Waals surface area contributed by atoms with Gasteiger partial charge in [0.15, 0.2) is 6.10 Å². The molecule has 0 aromatic carbocycles.